The number of alkyl carbamates (subject to hydrolysis) is 1. The second-order valence-electron chi connectivity index (χ2n) is 5.20. The summed E-state index contributed by atoms with van der Waals surface area (Å²) in [5.41, 5.74) is 1.33. The SMILES string of the molecule is CC1OC(=O)C1NC(=O)OCCCCCc1ccccc1. The van der Waals surface area contributed by atoms with E-state index in [-0.39, 0.29) is 6.10 Å². The number of hydrogen-bond donors (Lipinski definition) is 1. The van der Waals surface area contributed by atoms with Crippen LogP contribution in [0.5, 0.6) is 0 Å². The number of aryl methyl sites for hydroxylation is 1. The van der Waals surface area contributed by atoms with Gasteiger partial charge in [0.15, 0.2) is 6.04 Å². The highest BCUT2D eigenvalue weighted by atomic mass is 16.6. The fourth-order valence-electron chi connectivity index (χ4n) is 2.21. The number of benzene rings is 1. The van der Waals surface area contributed by atoms with E-state index in [0.29, 0.717) is 6.61 Å². The van der Waals surface area contributed by atoms with Crippen LogP contribution in [0.25, 0.3) is 0 Å². The van der Waals surface area contributed by atoms with Crippen molar-refractivity contribution in [1.29, 1.82) is 0 Å². The molecule has 0 radical (unpaired) electrons. The molecule has 1 N–H and O–H groups in total. The summed E-state index contributed by atoms with van der Waals surface area (Å²) in [6.45, 7) is 2.10. The number of carbonyl (C=O) groups excluding carboxylic acids is 2. The third-order valence-electron chi connectivity index (χ3n) is 3.48. The summed E-state index contributed by atoms with van der Waals surface area (Å²) in [6, 6.07) is 9.75. The first-order valence-electron chi connectivity index (χ1n) is 7.34. The highest BCUT2D eigenvalue weighted by molar-refractivity contribution is 5.86. The molecule has 1 aromatic rings. The van der Waals surface area contributed by atoms with Gasteiger partial charge in [0.1, 0.15) is 6.10 Å². The Balaban J connectivity index is 1.50. The largest absolute Gasteiger partial charge is 0.458 e. The lowest BCUT2D eigenvalue weighted by atomic mass is 10.1. The van der Waals surface area contributed by atoms with Crippen molar-refractivity contribution < 1.29 is 19.1 Å². The molecule has 1 aliphatic rings. The van der Waals surface area contributed by atoms with Crippen LogP contribution in [0.2, 0.25) is 0 Å². The van der Waals surface area contributed by atoms with Gasteiger partial charge >= 0.3 is 12.1 Å². The molecule has 0 spiro atoms. The van der Waals surface area contributed by atoms with Crippen LogP contribution in [0.15, 0.2) is 30.3 Å². The number of carbonyl (C=O) groups is 2. The predicted molar refractivity (Wildman–Crippen MR) is 77.8 cm³/mol. The van der Waals surface area contributed by atoms with Gasteiger partial charge in [-0.2, -0.15) is 0 Å². The van der Waals surface area contributed by atoms with Crippen molar-refractivity contribution >= 4 is 12.1 Å². The van der Waals surface area contributed by atoms with Crippen molar-refractivity contribution in [3.8, 4) is 0 Å². The predicted octanol–water partition coefficient (Wildman–Crippen LogP) is 2.44. The lowest BCUT2D eigenvalue weighted by molar-refractivity contribution is -0.174. The number of rotatable bonds is 7. The molecule has 2 atom stereocenters. The van der Waals surface area contributed by atoms with Gasteiger partial charge in [0.05, 0.1) is 6.61 Å². The van der Waals surface area contributed by atoms with Crippen LogP contribution in [-0.4, -0.2) is 30.8 Å². The summed E-state index contributed by atoms with van der Waals surface area (Å²) in [5.74, 6) is -0.401. The summed E-state index contributed by atoms with van der Waals surface area (Å²) >= 11 is 0. The lowest BCUT2D eigenvalue weighted by Crippen LogP contribution is -2.58. The maximum Gasteiger partial charge on any atom is 0.407 e. The quantitative estimate of drug-likeness (QED) is 0.619. The van der Waals surface area contributed by atoms with Crippen LogP contribution < -0.4 is 5.32 Å². The van der Waals surface area contributed by atoms with Crippen molar-refractivity contribution in [2.75, 3.05) is 6.61 Å². The summed E-state index contributed by atoms with van der Waals surface area (Å²) in [6.07, 6.45) is 3.12. The summed E-state index contributed by atoms with van der Waals surface area (Å²) < 4.78 is 9.78. The summed E-state index contributed by atoms with van der Waals surface area (Å²) in [4.78, 5) is 22.5. The van der Waals surface area contributed by atoms with E-state index < -0.39 is 18.1 Å². The normalized spacial score (nSPS) is 20.3. The Hall–Kier alpha value is -2.04. The number of hydrogen-bond acceptors (Lipinski definition) is 4. The number of amides is 1. The zero-order valence-electron chi connectivity index (χ0n) is 12.2. The van der Waals surface area contributed by atoms with Crippen molar-refractivity contribution in [2.24, 2.45) is 0 Å². The van der Waals surface area contributed by atoms with Gasteiger partial charge in [0.25, 0.3) is 0 Å². The lowest BCUT2D eigenvalue weighted by Gasteiger charge is -2.32. The Kier molecular flexibility index (Phi) is 5.60. The Labute approximate surface area is 124 Å². The minimum atomic E-state index is -0.560. The topological polar surface area (TPSA) is 64.6 Å². The molecule has 1 aliphatic heterocycles. The maximum absolute atomic E-state index is 11.5. The van der Waals surface area contributed by atoms with E-state index in [0.717, 1.165) is 25.7 Å². The van der Waals surface area contributed by atoms with Crippen LogP contribution in [0.4, 0.5) is 4.79 Å². The molecule has 1 saturated heterocycles. The van der Waals surface area contributed by atoms with Gasteiger partial charge in [-0.1, -0.05) is 30.3 Å². The first-order chi connectivity index (χ1) is 10.2. The molecule has 2 rings (SSSR count). The van der Waals surface area contributed by atoms with Gasteiger partial charge in [0, 0.05) is 0 Å². The second kappa shape index (κ2) is 7.67. The van der Waals surface area contributed by atoms with Crippen molar-refractivity contribution in [2.45, 2.75) is 44.8 Å². The molecule has 0 aliphatic carbocycles. The number of cyclic esters (lactones) is 1. The fraction of sp³-hybridized carbons (Fsp3) is 0.500. The van der Waals surface area contributed by atoms with E-state index in [2.05, 4.69) is 17.4 Å². The van der Waals surface area contributed by atoms with Crippen molar-refractivity contribution in [1.82, 2.24) is 5.32 Å². The second-order valence-corrected chi connectivity index (χ2v) is 5.20. The first kappa shape index (κ1) is 15.4. The van der Waals surface area contributed by atoms with Crippen LogP contribution >= 0.6 is 0 Å². The highest BCUT2D eigenvalue weighted by Gasteiger charge is 2.40. The van der Waals surface area contributed by atoms with Crippen LogP contribution in [0.3, 0.4) is 0 Å². The van der Waals surface area contributed by atoms with E-state index in [4.69, 9.17) is 9.47 Å². The standard InChI is InChI=1S/C16H21NO4/c1-12-14(15(18)21-12)17-16(19)20-11-7-3-6-10-13-8-4-2-5-9-13/h2,4-5,8-9,12,14H,3,6-7,10-11H2,1H3,(H,17,19). The smallest absolute Gasteiger partial charge is 0.407 e. The average Bonchev–Trinajstić information content (AvgIpc) is 2.49. The minimum absolute atomic E-state index is 0.268. The molecule has 1 heterocycles. The molecule has 1 fully saturated rings. The van der Waals surface area contributed by atoms with E-state index in [1.54, 1.807) is 6.92 Å². The molecule has 2 unspecified atom stereocenters. The monoisotopic (exact) mass is 291 g/mol. The Bertz CT molecular complexity index is 474. The number of ether oxygens (including phenoxy) is 2. The molecule has 5 nitrogen and oxygen atoms in total. The van der Waals surface area contributed by atoms with Gasteiger partial charge in [-0.3, -0.25) is 0 Å². The molecule has 0 saturated carbocycles. The van der Waals surface area contributed by atoms with Crippen LogP contribution in [0.1, 0.15) is 31.7 Å². The summed E-state index contributed by atoms with van der Waals surface area (Å²) in [5, 5.41) is 2.50. The van der Waals surface area contributed by atoms with Crippen molar-refractivity contribution in [3.05, 3.63) is 35.9 Å². The zero-order valence-corrected chi connectivity index (χ0v) is 12.2. The molecular weight excluding hydrogens is 270 g/mol. The summed E-state index contributed by atoms with van der Waals surface area (Å²) in [7, 11) is 0. The van der Waals surface area contributed by atoms with Crippen molar-refractivity contribution in [3.63, 3.8) is 0 Å². The first-order valence-corrected chi connectivity index (χ1v) is 7.34. The van der Waals surface area contributed by atoms with Gasteiger partial charge in [0.2, 0.25) is 0 Å². The van der Waals surface area contributed by atoms with E-state index in [1.807, 2.05) is 18.2 Å². The molecule has 114 valence electrons. The van der Waals surface area contributed by atoms with E-state index in [1.165, 1.54) is 5.56 Å². The van der Waals surface area contributed by atoms with E-state index >= 15 is 0 Å². The Morgan fingerprint density at radius 3 is 2.67 bits per heavy atom. The molecule has 0 aromatic heterocycles. The Morgan fingerprint density at radius 1 is 1.24 bits per heavy atom. The number of nitrogens with one attached hydrogen (secondary N) is 1. The number of unbranched alkanes of at least 4 members (excludes halogenated alkanes) is 2. The minimum Gasteiger partial charge on any atom is -0.458 e. The average molecular weight is 291 g/mol. The fourth-order valence-corrected chi connectivity index (χ4v) is 2.21. The van der Waals surface area contributed by atoms with Gasteiger partial charge in [-0.25, -0.2) is 9.59 Å². The van der Waals surface area contributed by atoms with Gasteiger partial charge < -0.3 is 14.8 Å². The Morgan fingerprint density at radius 2 is 2.00 bits per heavy atom. The van der Waals surface area contributed by atoms with E-state index in [9.17, 15) is 9.59 Å². The van der Waals surface area contributed by atoms with Crippen LogP contribution in [-0.2, 0) is 20.7 Å². The molecule has 5 heteroatoms. The molecule has 0 bridgehead atoms. The molecule has 21 heavy (non-hydrogen) atoms. The van der Waals surface area contributed by atoms with Gasteiger partial charge in [-0.05, 0) is 38.2 Å². The molecule has 1 aromatic carbocycles. The molecule has 1 amide bonds. The zero-order chi connectivity index (χ0) is 15.1. The number of esters is 1. The molecular formula is C16H21NO4. The van der Waals surface area contributed by atoms with Gasteiger partial charge in [-0.15, -0.1) is 0 Å². The third kappa shape index (κ3) is 4.77. The highest BCUT2D eigenvalue weighted by Crippen LogP contribution is 2.13. The third-order valence-corrected chi connectivity index (χ3v) is 3.48. The maximum atomic E-state index is 11.5. The van der Waals surface area contributed by atoms with Crippen LogP contribution in [0, 0.1) is 0 Å².